The average Bonchev–Trinajstić information content (AvgIpc) is 2.96. The molecule has 24 heavy (non-hydrogen) atoms. The highest BCUT2D eigenvalue weighted by atomic mass is 16.2. The molecule has 1 saturated carbocycles. The summed E-state index contributed by atoms with van der Waals surface area (Å²) < 4.78 is 1.75. The Morgan fingerprint density at radius 2 is 2.29 bits per heavy atom. The summed E-state index contributed by atoms with van der Waals surface area (Å²) in [7, 11) is 1.87. The number of nitriles is 1. The molecule has 2 N–H and O–H groups in total. The van der Waals surface area contributed by atoms with Gasteiger partial charge in [0.1, 0.15) is 5.69 Å². The van der Waals surface area contributed by atoms with Crippen molar-refractivity contribution in [2.45, 2.75) is 18.9 Å². The predicted octanol–water partition coefficient (Wildman–Crippen LogP) is 2.44. The van der Waals surface area contributed by atoms with Crippen LogP contribution < -0.4 is 5.32 Å². The number of hydrogen-bond acceptors (Lipinski definition) is 3. The summed E-state index contributed by atoms with van der Waals surface area (Å²) in [5, 5.41) is 17.2. The van der Waals surface area contributed by atoms with Crippen LogP contribution in [0.4, 0.5) is 0 Å². The number of carbonyl (C=O) groups is 1. The van der Waals surface area contributed by atoms with Crippen molar-refractivity contribution in [2.24, 2.45) is 13.0 Å². The fourth-order valence-electron chi connectivity index (χ4n) is 3.32. The number of carbonyl (C=O) groups excluding carboxylic acids is 1. The van der Waals surface area contributed by atoms with Gasteiger partial charge < -0.3 is 10.3 Å². The first-order valence-electron chi connectivity index (χ1n) is 7.86. The zero-order valence-corrected chi connectivity index (χ0v) is 13.5. The third kappa shape index (κ3) is 2.17. The van der Waals surface area contributed by atoms with E-state index in [0.717, 1.165) is 22.9 Å². The van der Waals surface area contributed by atoms with Crippen LogP contribution >= 0.6 is 0 Å². The monoisotopic (exact) mass is 319 g/mol. The van der Waals surface area contributed by atoms with E-state index < -0.39 is 0 Å². The van der Waals surface area contributed by atoms with Gasteiger partial charge in [-0.3, -0.25) is 9.48 Å². The molecule has 0 unspecified atom stereocenters. The van der Waals surface area contributed by atoms with Crippen LogP contribution in [0.2, 0.25) is 0 Å². The van der Waals surface area contributed by atoms with Crippen molar-refractivity contribution in [3.8, 4) is 6.07 Å². The smallest absolute Gasteiger partial charge is 0.268 e. The number of aromatic nitrogens is 3. The zero-order valence-electron chi connectivity index (χ0n) is 13.5. The molecule has 1 aromatic carbocycles. The van der Waals surface area contributed by atoms with Crippen molar-refractivity contribution >= 4 is 16.8 Å². The Morgan fingerprint density at radius 3 is 2.92 bits per heavy atom. The van der Waals surface area contributed by atoms with Crippen molar-refractivity contribution in [3.63, 3.8) is 0 Å². The van der Waals surface area contributed by atoms with Gasteiger partial charge in [-0.05, 0) is 36.6 Å². The van der Waals surface area contributed by atoms with E-state index in [1.807, 2.05) is 25.5 Å². The van der Waals surface area contributed by atoms with Crippen LogP contribution in [0.25, 0.3) is 10.9 Å². The van der Waals surface area contributed by atoms with Crippen LogP contribution in [-0.4, -0.2) is 20.7 Å². The molecule has 1 amide bonds. The summed E-state index contributed by atoms with van der Waals surface area (Å²) in [4.78, 5) is 15.8. The lowest BCUT2D eigenvalue weighted by Gasteiger charge is -2.16. The molecule has 1 fully saturated rings. The van der Waals surface area contributed by atoms with E-state index in [2.05, 4.69) is 28.4 Å². The molecule has 6 heteroatoms. The van der Waals surface area contributed by atoms with Crippen LogP contribution in [-0.2, 0) is 12.6 Å². The van der Waals surface area contributed by atoms with Gasteiger partial charge in [0.15, 0.2) is 0 Å². The SMILES string of the molecule is C[C@@H]1C[C@@]1(NC(=O)c1cc2cc(C#N)ccc2[nH]1)c1cnn(C)c1. The van der Waals surface area contributed by atoms with Crippen LogP contribution in [0.3, 0.4) is 0 Å². The largest absolute Gasteiger partial charge is 0.351 e. The molecule has 2 atom stereocenters. The second-order valence-electron chi connectivity index (χ2n) is 6.53. The summed E-state index contributed by atoms with van der Waals surface area (Å²) in [5.41, 5.74) is 2.63. The van der Waals surface area contributed by atoms with Gasteiger partial charge in [-0.15, -0.1) is 0 Å². The zero-order chi connectivity index (χ0) is 16.9. The predicted molar refractivity (Wildman–Crippen MR) is 89.1 cm³/mol. The summed E-state index contributed by atoms with van der Waals surface area (Å²) in [5.74, 6) is 0.234. The summed E-state index contributed by atoms with van der Waals surface area (Å²) in [6.45, 7) is 2.12. The van der Waals surface area contributed by atoms with Gasteiger partial charge in [-0.25, -0.2) is 0 Å². The molecule has 0 spiro atoms. The van der Waals surface area contributed by atoms with Gasteiger partial charge >= 0.3 is 0 Å². The molecular formula is C18H17N5O. The van der Waals surface area contributed by atoms with Crippen molar-refractivity contribution in [2.75, 3.05) is 0 Å². The minimum Gasteiger partial charge on any atom is -0.351 e. The van der Waals surface area contributed by atoms with Crippen molar-refractivity contribution in [3.05, 3.63) is 53.5 Å². The van der Waals surface area contributed by atoms with Gasteiger partial charge in [-0.2, -0.15) is 10.4 Å². The number of aromatic amines is 1. The number of nitrogens with zero attached hydrogens (tertiary/aromatic N) is 3. The van der Waals surface area contributed by atoms with E-state index in [-0.39, 0.29) is 11.4 Å². The first kappa shape index (κ1) is 14.5. The Hall–Kier alpha value is -3.07. The number of benzene rings is 1. The molecule has 0 aliphatic heterocycles. The Kier molecular flexibility index (Phi) is 3.00. The highest BCUT2D eigenvalue weighted by Gasteiger charge is 2.54. The molecule has 6 nitrogen and oxygen atoms in total. The second-order valence-corrected chi connectivity index (χ2v) is 6.53. The fraction of sp³-hybridized carbons (Fsp3) is 0.278. The van der Waals surface area contributed by atoms with Crippen molar-refractivity contribution in [1.29, 1.82) is 5.26 Å². The minimum absolute atomic E-state index is 0.141. The third-order valence-electron chi connectivity index (χ3n) is 4.86. The lowest BCUT2D eigenvalue weighted by Crippen LogP contribution is -2.36. The maximum atomic E-state index is 12.7. The number of H-pyrrole nitrogens is 1. The van der Waals surface area contributed by atoms with Gasteiger partial charge in [0.25, 0.3) is 5.91 Å². The summed E-state index contributed by atoms with van der Waals surface area (Å²) in [6, 6.07) is 9.23. The normalized spacial score (nSPS) is 22.3. The summed E-state index contributed by atoms with van der Waals surface area (Å²) >= 11 is 0. The number of hydrogen-bond donors (Lipinski definition) is 2. The Bertz CT molecular complexity index is 992. The number of fused-ring (bicyclic) bond motifs is 1. The van der Waals surface area contributed by atoms with Crippen LogP contribution in [0, 0.1) is 17.2 Å². The lowest BCUT2D eigenvalue weighted by molar-refractivity contribution is 0.0923. The van der Waals surface area contributed by atoms with Gasteiger partial charge in [0.05, 0.1) is 23.4 Å². The van der Waals surface area contributed by atoms with Crippen LogP contribution in [0.15, 0.2) is 36.7 Å². The van der Waals surface area contributed by atoms with E-state index in [1.54, 1.807) is 22.9 Å². The lowest BCUT2D eigenvalue weighted by atomic mass is 10.1. The molecule has 2 heterocycles. The molecule has 3 aromatic rings. The van der Waals surface area contributed by atoms with Gasteiger partial charge in [0.2, 0.25) is 0 Å². The van der Waals surface area contributed by atoms with Crippen LogP contribution in [0.1, 0.15) is 35.0 Å². The first-order valence-corrected chi connectivity index (χ1v) is 7.86. The maximum absolute atomic E-state index is 12.7. The number of nitrogens with one attached hydrogen (secondary N) is 2. The molecule has 1 aliphatic carbocycles. The van der Waals surface area contributed by atoms with E-state index in [1.165, 1.54) is 0 Å². The van der Waals surface area contributed by atoms with E-state index in [9.17, 15) is 4.79 Å². The Labute approximate surface area is 139 Å². The average molecular weight is 319 g/mol. The molecular weight excluding hydrogens is 302 g/mol. The second kappa shape index (κ2) is 4.96. The Morgan fingerprint density at radius 1 is 1.50 bits per heavy atom. The molecule has 1 aliphatic rings. The molecule has 2 aromatic heterocycles. The number of aryl methyl sites for hydroxylation is 1. The van der Waals surface area contributed by atoms with Crippen LogP contribution in [0.5, 0.6) is 0 Å². The molecule has 0 radical (unpaired) electrons. The highest BCUT2D eigenvalue weighted by Crippen LogP contribution is 2.51. The summed E-state index contributed by atoms with van der Waals surface area (Å²) in [6.07, 6.45) is 4.67. The maximum Gasteiger partial charge on any atom is 0.268 e. The quantitative estimate of drug-likeness (QED) is 0.777. The molecule has 120 valence electrons. The van der Waals surface area contributed by atoms with E-state index in [4.69, 9.17) is 5.26 Å². The van der Waals surface area contributed by atoms with Gasteiger partial charge in [0, 0.05) is 29.7 Å². The molecule has 0 saturated heterocycles. The molecule has 4 rings (SSSR count). The van der Waals surface area contributed by atoms with Gasteiger partial charge in [-0.1, -0.05) is 6.92 Å². The van der Waals surface area contributed by atoms with Crippen molar-refractivity contribution < 1.29 is 4.79 Å². The standard InChI is InChI=1S/C18H17N5O/c1-11-7-18(11,14-9-20-23(2)10-14)22-17(24)16-6-13-5-12(8-19)3-4-15(13)21-16/h3-6,9-11,21H,7H2,1-2H3,(H,22,24)/t11-,18+/m1/s1. The molecule has 0 bridgehead atoms. The number of amides is 1. The highest BCUT2D eigenvalue weighted by molar-refractivity contribution is 5.98. The first-order chi connectivity index (χ1) is 11.5. The van der Waals surface area contributed by atoms with E-state index >= 15 is 0 Å². The number of rotatable bonds is 3. The van der Waals surface area contributed by atoms with E-state index in [0.29, 0.717) is 17.2 Å². The topological polar surface area (TPSA) is 86.5 Å². The van der Waals surface area contributed by atoms with Crippen molar-refractivity contribution in [1.82, 2.24) is 20.1 Å². The Balaban J connectivity index is 1.63. The minimum atomic E-state index is -0.333. The fourth-order valence-corrected chi connectivity index (χ4v) is 3.32. The third-order valence-corrected chi connectivity index (χ3v) is 4.86.